The van der Waals surface area contributed by atoms with Crippen LogP contribution in [0.3, 0.4) is 0 Å². The van der Waals surface area contributed by atoms with Crippen molar-refractivity contribution < 1.29 is 28.6 Å². The molecule has 2 amide bonds. The number of esters is 1. The lowest BCUT2D eigenvalue weighted by Gasteiger charge is -2.36. The maximum atomic E-state index is 14.0. The van der Waals surface area contributed by atoms with Gasteiger partial charge < -0.3 is 24.4 Å². The van der Waals surface area contributed by atoms with Gasteiger partial charge in [-0.15, -0.1) is 0 Å². The lowest BCUT2D eigenvalue weighted by atomic mass is 9.85. The average Bonchev–Trinajstić information content (AvgIpc) is 3.26. The van der Waals surface area contributed by atoms with Crippen LogP contribution < -0.4 is 10.1 Å². The van der Waals surface area contributed by atoms with Crippen LogP contribution in [0.1, 0.15) is 58.9 Å². The summed E-state index contributed by atoms with van der Waals surface area (Å²) < 4.78 is 17.0. The van der Waals surface area contributed by atoms with Gasteiger partial charge in [-0.3, -0.25) is 4.79 Å². The van der Waals surface area contributed by atoms with Crippen LogP contribution in [0.4, 0.5) is 4.79 Å². The van der Waals surface area contributed by atoms with E-state index in [9.17, 15) is 19.6 Å². The van der Waals surface area contributed by atoms with E-state index in [0.717, 1.165) is 35.6 Å². The number of nitrogens with one attached hydrogen (secondary N) is 1. The first-order valence-corrected chi connectivity index (χ1v) is 13.5. The van der Waals surface area contributed by atoms with Gasteiger partial charge in [0.1, 0.15) is 18.2 Å². The summed E-state index contributed by atoms with van der Waals surface area (Å²) >= 11 is 0. The highest BCUT2D eigenvalue weighted by molar-refractivity contribution is 5.92. The van der Waals surface area contributed by atoms with Crippen LogP contribution >= 0.6 is 0 Å². The largest absolute Gasteiger partial charge is 0.470 e. The predicted octanol–water partition coefficient (Wildman–Crippen LogP) is 3.91. The number of hydrogen-bond donors (Lipinski definition) is 1. The van der Waals surface area contributed by atoms with E-state index in [1.807, 2.05) is 18.2 Å². The van der Waals surface area contributed by atoms with E-state index in [1.54, 1.807) is 33.9 Å². The van der Waals surface area contributed by atoms with Gasteiger partial charge in [-0.2, -0.15) is 5.26 Å². The normalized spacial score (nSPS) is 24.6. The van der Waals surface area contributed by atoms with Crippen LogP contribution in [0.2, 0.25) is 0 Å². The summed E-state index contributed by atoms with van der Waals surface area (Å²) in [6, 6.07) is 6.91. The van der Waals surface area contributed by atoms with Crippen LogP contribution in [0.15, 0.2) is 30.5 Å². The third-order valence-corrected chi connectivity index (χ3v) is 7.16. The van der Waals surface area contributed by atoms with E-state index in [0.29, 0.717) is 12.3 Å². The van der Waals surface area contributed by atoms with Crippen molar-refractivity contribution in [3.63, 3.8) is 0 Å². The first-order valence-electron chi connectivity index (χ1n) is 13.5. The molecule has 4 atom stereocenters. The van der Waals surface area contributed by atoms with Gasteiger partial charge >= 0.3 is 12.1 Å². The smallest absolute Gasteiger partial charge is 0.407 e. The number of nitriles is 1. The molecule has 0 spiro atoms. The standard InChI is InChI=1S/C29H36N4O6/c1-5-37-27(35)21-16-23-22(17-30)33(21)26(34)24(29(2,3)4)32-28(36)38-14-8-6-7-9-18-10-11-19-12-13-31-25(39-23)20(19)15-18/h10-13,15,21-24H,5-9,14,16H2,1-4H3,(H,32,36)/t21-,22?,23+,24+/m0/s1. The van der Waals surface area contributed by atoms with E-state index in [2.05, 4.69) is 22.4 Å². The summed E-state index contributed by atoms with van der Waals surface area (Å²) in [4.78, 5) is 45.4. The molecule has 1 N–H and O–H groups in total. The molecule has 1 saturated heterocycles. The van der Waals surface area contributed by atoms with E-state index >= 15 is 0 Å². The maximum Gasteiger partial charge on any atom is 0.407 e. The predicted molar refractivity (Wildman–Crippen MR) is 143 cm³/mol. The Balaban J connectivity index is 1.79. The van der Waals surface area contributed by atoms with Gasteiger partial charge in [0, 0.05) is 18.0 Å². The maximum absolute atomic E-state index is 14.0. The molecule has 208 valence electrons. The summed E-state index contributed by atoms with van der Waals surface area (Å²) in [5.74, 6) is -0.873. The number of benzene rings is 1. The molecule has 1 fully saturated rings. The summed E-state index contributed by atoms with van der Waals surface area (Å²) in [5, 5.41) is 14.7. The van der Waals surface area contributed by atoms with Crippen LogP contribution in [-0.4, -0.2) is 65.3 Å². The Morgan fingerprint density at radius 1 is 1.23 bits per heavy atom. The molecule has 10 nitrogen and oxygen atoms in total. The van der Waals surface area contributed by atoms with Crippen LogP contribution in [0.25, 0.3) is 10.8 Å². The summed E-state index contributed by atoms with van der Waals surface area (Å²) in [6.07, 6.45) is 3.40. The fourth-order valence-electron chi connectivity index (χ4n) is 5.14. The summed E-state index contributed by atoms with van der Waals surface area (Å²) in [7, 11) is 0. The van der Waals surface area contributed by atoms with E-state index in [4.69, 9.17) is 14.2 Å². The van der Waals surface area contributed by atoms with E-state index in [-0.39, 0.29) is 19.6 Å². The van der Waals surface area contributed by atoms with E-state index in [1.165, 1.54) is 4.90 Å². The fraction of sp³-hybridized carbons (Fsp3) is 0.552. The minimum absolute atomic E-state index is 0.0435. The fourth-order valence-corrected chi connectivity index (χ4v) is 5.14. The number of rotatable bonds is 2. The van der Waals surface area contributed by atoms with Gasteiger partial charge in [-0.05, 0) is 61.1 Å². The number of pyridine rings is 1. The zero-order chi connectivity index (χ0) is 28.2. The number of nitrogens with zero attached hydrogens (tertiary/aromatic N) is 3. The molecule has 1 aromatic carbocycles. The van der Waals surface area contributed by atoms with Gasteiger partial charge in [0.25, 0.3) is 0 Å². The number of aromatic nitrogens is 1. The second kappa shape index (κ2) is 11.9. The zero-order valence-corrected chi connectivity index (χ0v) is 22.9. The lowest BCUT2D eigenvalue weighted by Crippen LogP contribution is -2.59. The van der Waals surface area contributed by atoms with Crippen molar-refractivity contribution in [3.05, 3.63) is 36.0 Å². The van der Waals surface area contributed by atoms with Crippen LogP contribution in [0, 0.1) is 16.7 Å². The van der Waals surface area contributed by atoms with Crippen LogP contribution in [-0.2, 0) is 25.5 Å². The quantitative estimate of drug-likeness (QED) is 0.572. The minimum Gasteiger partial charge on any atom is -0.470 e. The molecule has 0 radical (unpaired) electrons. The minimum atomic E-state index is -1.12. The number of carbonyl (C=O) groups excluding carboxylic acids is 3. The molecule has 2 aromatic rings. The third kappa shape index (κ3) is 6.24. The average molecular weight is 537 g/mol. The molecule has 2 aliphatic rings. The van der Waals surface area contributed by atoms with Crippen molar-refractivity contribution >= 4 is 28.7 Å². The van der Waals surface area contributed by atoms with Crippen molar-refractivity contribution in [2.24, 2.45) is 5.41 Å². The lowest BCUT2D eigenvalue weighted by molar-refractivity contribution is -0.155. The highest BCUT2D eigenvalue weighted by Gasteiger charge is 2.52. The Hall–Kier alpha value is -3.87. The second-order valence-corrected chi connectivity index (χ2v) is 11.0. The molecular formula is C29H36N4O6. The third-order valence-electron chi connectivity index (χ3n) is 7.16. The number of fused-ring (bicyclic) bond motifs is 3. The van der Waals surface area contributed by atoms with Gasteiger partial charge in [-0.1, -0.05) is 32.9 Å². The molecule has 3 heterocycles. The van der Waals surface area contributed by atoms with Gasteiger partial charge in [0.05, 0.1) is 19.3 Å². The second-order valence-electron chi connectivity index (χ2n) is 11.0. The number of aryl methyl sites for hydroxylation is 1. The highest BCUT2D eigenvalue weighted by atomic mass is 16.5. The Bertz CT molecular complexity index is 1270. The first kappa shape index (κ1) is 28.1. The molecular weight excluding hydrogens is 500 g/mol. The number of alkyl carbamates (subject to hydrolysis) is 1. The number of cyclic esters (lactones) is 1. The molecule has 1 aromatic heterocycles. The molecule has 39 heavy (non-hydrogen) atoms. The highest BCUT2D eigenvalue weighted by Crippen LogP contribution is 2.34. The number of ether oxygens (including phenoxy) is 3. The van der Waals surface area contributed by atoms with Gasteiger partial charge in [0.2, 0.25) is 11.8 Å². The Labute approximate surface area is 228 Å². The Morgan fingerprint density at radius 3 is 2.74 bits per heavy atom. The first-order chi connectivity index (χ1) is 18.6. The summed E-state index contributed by atoms with van der Waals surface area (Å²) in [6.45, 7) is 7.39. The van der Waals surface area contributed by atoms with Crippen molar-refractivity contribution in [2.45, 2.75) is 84.0 Å². The Kier molecular flexibility index (Phi) is 8.58. The Morgan fingerprint density at radius 2 is 2.03 bits per heavy atom. The topological polar surface area (TPSA) is 131 Å². The zero-order valence-electron chi connectivity index (χ0n) is 22.9. The van der Waals surface area contributed by atoms with Crippen molar-refractivity contribution in [3.8, 4) is 11.9 Å². The molecule has 2 aliphatic heterocycles. The van der Waals surface area contributed by atoms with Crippen molar-refractivity contribution in [2.75, 3.05) is 13.2 Å². The van der Waals surface area contributed by atoms with Gasteiger partial charge in [-0.25, -0.2) is 14.6 Å². The molecule has 10 heteroatoms. The SMILES string of the molecule is CCOC(=O)[C@@H]1C[C@H]2Oc3nccc4ccc(cc34)CCCCCOC(=O)N[C@@H](C(C)(C)C)C(=O)N1C2C#N. The molecule has 1 unspecified atom stereocenters. The number of hydrogen-bond acceptors (Lipinski definition) is 8. The molecule has 0 saturated carbocycles. The summed E-state index contributed by atoms with van der Waals surface area (Å²) in [5.41, 5.74) is 0.362. The molecule has 0 aliphatic carbocycles. The van der Waals surface area contributed by atoms with Crippen molar-refractivity contribution in [1.29, 1.82) is 5.26 Å². The molecule has 4 bridgehead atoms. The monoisotopic (exact) mass is 536 g/mol. The number of amides is 2. The van der Waals surface area contributed by atoms with Crippen molar-refractivity contribution in [1.82, 2.24) is 15.2 Å². The number of carbonyl (C=O) groups is 3. The van der Waals surface area contributed by atoms with Crippen LogP contribution in [0.5, 0.6) is 5.88 Å². The van der Waals surface area contributed by atoms with E-state index < -0.39 is 47.6 Å². The molecule has 4 rings (SSSR count). The van der Waals surface area contributed by atoms with Gasteiger partial charge in [0.15, 0.2) is 6.04 Å².